The molecule has 2 aromatic rings. The van der Waals surface area contributed by atoms with Gasteiger partial charge in [-0.1, -0.05) is 22.0 Å². The Morgan fingerprint density at radius 2 is 2.11 bits per heavy atom. The van der Waals surface area contributed by atoms with E-state index in [4.69, 9.17) is 0 Å². The van der Waals surface area contributed by atoms with E-state index in [-0.39, 0.29) is 11.2 Å². The van der Waals surface area contributed by atoms with Crippen LogP contribution in [0.25, 0.3) is 0 Å². The lowest BCUT2D eigenvalue weighted by molar-refractivity contribution is -0.384. The van der Waals surface area contributed by atoms with Crippen LogP contribution in [0.15, 0.2) is 45.8 Å². The Morgan fingerprint density at radius 1 is 1.37 bits per heavy atom. The molecule has 98 valence electrons. The Hall–Kier alpha value is -1.95. The number of halogens is 1. The summed E-state index contributed by atoms with van der Waals surface area (Å²) < 4.78 is 2.19. The van der Waals surface area contributed by atoms with Crippen LogP contribution in [0.4, 0.5) is 5.69 Å². The average Bonchev–Trinajstić information content (AvgIpc) is 2.37. The maximum atomic E-state index is 11.9. The Kier molecular flexibility index (Phi) is 3.80. The number of hydrogen-bond acceptors (Lipinski definition) is 3. The molecule has 5 nitrogen and oxygen atoms in total. The molecule has 0 amide bonds. The minimum atomic E-state index is -0.451. The highest BCUT2D eigenvalue weighted by Crippen LogP contribution is 2.23. The molecule has 1 heterocycles. The summed E-state index contributed by atoms with van der Waals surface area (Å²) in [6, 6.07) is 8.08. The van der Waals surface area contributed by atoms with E-state index in [9.17, 15) is 14.9 Å². The molecule has 0 aliphatic rings. The van der Waals surface area contributed by atoms with Crippen molar-refractivity contribution < 1.29 is 4.92 Å². The van der Waals surface area contributed by atoms with E-state index in [0.717, 1.165) is 5.56 Å². The summed E-state index contributed by atoms with van der Waals surface area (Å²) in [6.07, 6.45) is 1.70. The highest BCUT2D eigenvalue weighted by atomic mass is 79.9. The van der Waals surface area contributed by atoms with Crippen LogP contribution in [0.1, 0.15) is 11.1 Å². The number of nitrogens with zero attached hydrogens (tertiary/aromatic N) is 2. The van der Waals surface area contributed by atoms with Crippen LogP contribution in [0.5, 0.6) is 0 Å². The number of rotatable bonds is 3. The van der Waals surface area contributed by atoms with E-state index >= 15 is 0 Å². The fourth-order valence-corrected chi connectivity index (χ4v) is 2.23. The summed E-state index contributed by atoms with van der Waals surface area (Å²) in [5.41, 5.74) is 1.44. The Balaban J connectivity index is 2.36. The molecule has 0 saturated heterocycles. The lowest BCUT2D eigenvalue weighted by Crippen LogP contribution is -2.21. The zero-order valence-electron chi connectivity index (χ0n) is 10.2. The summed E-state index contributed by atoms with van der Waals surface area (Å²) in [7, 11) is 0. The Labute approximate surface area is 117 Å². The SMILES string of the molecule is Cc1cccn(Cc2ccc([N+](=O)[O-])cc2Br)c1=O. The quantitative estimate of drug-likeness (QED) is 0.644. The number of nitro groups is 1. The summed E-state index contributed by atoms with van der Waals surface area (Å²) in [5, 5.41) is 10.7. The molecule has 0 radical (unpaired) electrons. The highest BCUT2D eigenvalue weighted by molar-refractivity contribution is 9.10. The van der Waals surface area contributed by atoms with Crippen LogP contribution >= 0.6 is 15.9 Å². The third-order valence-corrected chi connectivity index (χ3v) is 3.54. The first-order valence-corrected chi connectivity index (χ1v) is 6.37. The molecule has 0 unspecified atom stereocenters. The lowest BCUT2D eigenvalue weighted by Gasteiger charge is -2.08. The first-order valence-electron chi connectivity index (χ1n) is 5.58. The van der Waals surface area contributed by atoms with Crippen LogP contribution in [-0.4, -0.2) is 9.49 Å². The number of nitro benzene ring substituents is 1. The number of hydrogen-bond donors (Lipinski definition) is 0. The standard InChI is InChI=1S/C13H11BrN2O3/c1-9-3-2-6-15(13(9)17)8-10-4-5-11(16(18)19)7-12(10)14/h2-7H,8H2,1H3. The van der Waals surface area contributed by atoms with Gasteiger partial charge in [-0.3, -0.25) is 14.9 Å². The van der Waals surface area contributed by atoms with Crippen molar-refractivity contribution in [3.8, 4) is 0 Å². The van der Waals surface area contributed by atoms with Gasteiger partial charge in [0.15, 0.2) is 0 Å². The molecule has 6 heteroatoms. The predicted octanol–water partition coefficient (Wildman–Crippen LogP) is 2.88. The number of benzene rings is 1. The maximum Gasteiger partial charge on any atom is 0.270 e. The minimum absolute atomic E-state index is 0.0206. The van der Waals surface area contributed by atoms with Crippen molar-refractivity contribution >= 4 is 21.6 Å². The fraction of sp³-hybridized carbons (Fsp3) is 0.154. The number of aromatic nitrogens is 1. The van der Waals surface area contributed by atoms with E-state index < -0.39 is 4.92 Å². The van der Waals surface area contributed by atoms with Crippen LogP contribution < -0.4 is 5.56 Å². The largest absolute Gasteiger partial charge is 0.311 e. The second-order valence-corrected chi connectivity index (χ2v) is 5.01. The predicted molar refractivity (Wildman–Crippen MR) is 75.3 cm³/mol. The van der Waals surface area contributed by atoms with Gasteiger partial charge in [0.1, 0.15) is 0 Å². The summed E-state index contributed by atoms with van der Waals surface area (Å²) >= 11 is 3.30. The number of pyridine rings is 1. The molecule has 0 spiro atoms. The van der Waals surface area contributed by atoms with Gasteiger partial charge in [-0.05, 0) is 24.6 Å². The first kappa shape index (κ1) is 13.5. The van der Waals surface area contributed by atoms with Crippen molar-refractivity contribution in [1.82, 2.24) is 4.57 Å². The van der Waals surface area contributed by atoms with Crippen molar-refractivity contribution in [2.45, 2.75) is 13.5 Å². The molecule has 0 fully saturated rings. The molecule has 1 aromatic heterocycles. The molecule has 1 aromatic carbocycles. The molecule has 0 aliphatic carbocycles. The molecule has 0 aliphatic heterocycles. The molecule has 19 heavy (non-hydrogen) atoms. The topological polar surface area (TPSA) is 65.1 Å². The van der Waals surface area contributed by atoms with Gasteiger partial charge in [0.25, 0.3) is 11.2 Å². The van der Waals surface area contributed by atoms with E-state index in [2.05, 4.69) is 15.9 Å². The van der Waals surface area contributed by atoms with Gasteiger partial charge in [-0.15, -0.1) is 0 Å². The Bertz CT molecular complexity index is 695. The van der Waals surface area contributed by atoms with E-state index in [0.29, 0.717) is 16.6 Å². The smallest absolute Gasteiger partial charge is 0.270 e. The fourth-order valence-electron chi connectivity index (χ4n) is 1.74. The number of non-ortho nitro benzene ring substituents is 1. The minimum Gasteiger partial charge on any atom is -0.311 e. The van der Waals surface area contributed by atoms with Gasteiger partial charge in [0.2, 0.25) is 0 Å². The van der Waals surface area contributed by atoms with Gasteiger partial charge in [0, 0.05) is 28.4 Å². The zero-order valence-corrected chi connectivity index (χ0v) is 11.8. The molecular weight excluding hydrogens is 312 g/mol. The highest BCUT2D eigenvalue weighted by Gasteiger charge is 2.10. The third-order valence-electron chi connectivity index (χ3n) is 2.80. The van der Waals surface area contributed by atoms with Gasteiger partial charge >= 0.3 is 0 Å². The Morgan fingerprint density at radius 3 is 2.74 bits per heavy atom. The van der Waals surface area contributed by atoms with E-state index in [1.54, 1.807) is 35.9 Å². The molecule has 0 atom stereocenters. The summed E-state index contributed by atoms with van der Waals surface area (Å²) in [6.45, 7) is 2.13. The molecule has 0 N–H and O–H groups in total. The lowest BCUT2D eigenvalue weighted by atomic mass is 10.2. The van der Waals surface area contributed by atoms with Crippen molar-refractivity contribution in [2.75, 3.05) is 0 Å². The second-order valence-electron chi connectivity index (χ2n) is 4.16. The average molecular weight is 323 g/mol. The zero-order chi connectivity index (χ0) is 14.0. The van der Waals surface area contributed by atoms with Crippen LogP contribution in [0.2, 0.25) is 0 Å². The van der Waals surface area contributed by atoms with Gasteiger partial charge < -0.3 is 4.57 Å². The van der Waals surface area contributed by atoms with Crippen LogP contribution in [-0.2, 0) is 6.54 Å². The number of aryl methyl sites for hydroxylation is 1. The first-order chi connectivity index (χ1) is 8.99. The van der Waals surface area contributed by atoms with Gasteiger partial charge in [-0.25, -0.2) is 0 Å². The van der Waals surface area contributed by atoms with Crippen molar-refractivity contribution in [3.05, 3.63) is 72.6 Å². The monoisotopic (exact) mass is 322 g/mol. The van der Waals surface area contributed by atoms with Gasteiger partial charge in [0.05, 0.1) is 11.5 Å². The van der Waals surface area contributed by atoms with Crippen LogP contribution in [0, 0.1) is 17.0 Å². The third kappa shape index (κ3) is 2.90. The van der Waals surface area contributed by atoms with E-state index in [1.165, 1.54) is 12.1 Å². The van der Waals surface area contributed by atoms with Crippen molar-refractivity contribution in [2.24, 2.45) is 0 Å². The van der Waals surface area contributed by atoms with E-state index in [1.807, 2.05) is 0 Å². The molecule has 0 saturated carbocycles. The molecular formula is C13H11BrN2O3. The van der Waals surface area contributed by atoms with Gasteiger partial charge in [-0.2, -0.15) is 0 Å². The molecule has 0 bridgehead atoms. The second kappa shape index (κ2) is 5.36. The summed E-state index contributed by atoms with van der Waals surface area (Å²) in [5.74, 6) is 0. The van der Waals surface area contributed by atoms with Crippen LogP contribution in [0.3, 0.4) is 0 Å². The van der Waals surface area contributed by atoms with Crippen molar-refractivity contribution in [1.29, 1.82) is 0 Å². The molecule has 2 rings (SSSR count). The normalized spacial score (nSPS) is 10.4. The van der Waals surface area contributed by atoms with Crippen molar-refractivity contribution in [3.63, 3.8) is 0 Å². The maximum absolute atomic E-state index is 11.9. The summed E-state index contributed by atoms with van der Waals surface area (Å²) in [4.78, 5) is 22.1.